The molecule has 0 atom stereocenters. The number of nitrogens with two attached hydrogens (primary N) is 1. The maximum absolute atomic E-state index is 5.30. The lowest BCUT2D eigenvalue weighted by Gasteiger charge is -2.06. The first-order valence-electron chi connectivity index (χ1n) is 5.18. The van der Waals surface area contributed by atoms with Crippen LogP contribution < -0.4 is 16.6 Å². The first kappa shape index (κ1) is 12.3. The van der Waals surface area contributed by atoms with Gasteiger partial charge in [0.15, 0.2) is 0 Å². The summed E-state index contributed by atoms with van der Waals surface area (Å²) < 4.78 is 1.17. The highest BCUT2D eigenvalue weighted by atomic mass is 79.9. The number of anilines is 2. The third kappa shape index (κ3) is 3.69. The fraction of sp³-hybridized carbons (Fsp3) is 0.182. The molecule has 0 aliphatic heterocycles. The van der Waals surface area contributed by atoms with E-state index in [2.05, 4.69) is 43.8 Å². The van der Waals surface area contributed by atoms with Gasteiger partial charge in [-0.05, 0) is 40.5 Å². The number of aromatic nitrogens is 1. The van der Waals surface area contributed by atoms with Crippen LogP contribution in [0.4, 0.5) is 11.5 Å². The second kappa shape index (κ2) is 6.00. The highest BCUT2D eigenvalue weighted by Gasteiger charge is 1.98. The van der Waals surface area contributed by atoms with Gasteiger partial charge in [-0.3, -0.25) is 0 Å². The molecule has 4 nitrogen and oxygen atoms in total. The first-order valence-corrected chi connectivity index (χ1v) is 6.79. The predicted octanol–water partition coefficient (Wildman–Crippen LogP) is 2.85. The normalized spacial score (nSPS) is 10.2. The summed E-state index contributed by atoms with van der Waals surface area (Å²) in [5.74, 6) is 5.96. The molecule has 0 fully saturated rings. The van der Waals surface area contributed by atoms with E-state index in [1.54, 1.807) is 17.5 Å². The van der Waals surface area contributed by atoms with E-state index >= 15 is 0 Å². The van der Waals surface area contributed by atoms with E-state index in [1.165, 1.54) is 8.66 Å². The molecule has 0 unspecified atom stereocenters. The molecule has 0 saturated carbocycles. The number of thiophene rings is 1. The van der Waals surface area contributed by atoms with Crippen LogP contribution in [0.5, 0.6) is 0 Å². The molecule has 0 amide bonds. The van der Waals surface area contributed by atoms with Crippen LogP contribution in [0.2, 0.25) is 0 Å². The van der Waals surface area contributed by atoms with E-state index in [0.29, 0.717) is 5.82 Å². The fourth-order valence-electron chi connectivity index (χ4n) is 1.44. The lowest BCUT2D eigenvalue weighted by Crippen LogP contribution is -2.09. The van der Waals surface area contributed by atoms with Crippen molar-refractivity contribution in [1.29, 1.82) is 0 Å². The second-order valence-electron chi connectivity index (χ2n) is 3.46. The summed E-state index contributed by atoms with van der Waals surface area (Å²) in [7, 11) is 0. The van der Waals surface area contributed by atoms with E-state index in [0.717, 1.165) is 18.7 Å². The number of halogens is 1. The molecule has 0 saturated heterocycles. The van der Waals surface area contributed by atoms with Gasteiger partial charge in [-0.25, -0.2) is 10.8 Å². The molecule has 17 heavy (non-hydrogen) atoms. The largest absolute Gasteiger partial charge is 0.385 e. The molecule has 0 bridgehead atoms. The Kier molecular flexibility index (Phi) is 4.36. The molecule has 4 N–H and O–H groups in total. The molecule has 90 valence electrons. The van der Waals surface area contributed by atoms with Gasteiger partial charge >= 0.3 is 0 Å². The highest BCUT2D eigenvalue weighted by Crippen LogP contribution is 2.22. The monoisotopic (exact) mass is 312 g/mol. The molecule has 2 heterocycles. The van der Waals surface area contributed by atoms with E-state index in [-0.39, 0.29) is 0 Å². The SMILES string of the molecule is NNc1cc(NCCc2ccc(Br)s2)ccn1. The standard InChI is InChI=1S/C11H13BrN4S/c12-10-2-1-9(17-10)4-6-14-8-3-5-15-11(7-8)16-13/h1-3,5,7H,4,6,13H2,(H2,14,15,16). The Bertz CT molecular complexity index is 486. The third-order valence-corrected chi connectivity index (χ3v) is 3.92. The Balaban J connectivity index is 1.85. The van der Waals surface area contributed by atoms with Crippen LogP contribution in [0.15, 0.2) is 34.2 Å². The number of hydrazine groups is 1. The van der Waals surface area contributed by atoms with Gasteiger partial charge in [0.1, 0.15) is 5.82 Å². The average Bonchev–Trinajstić information content (AvgIpc) is 2.75. The van der Waals surface area contributed by atoms with Crippen LogP contribution in [-0.4, -0.2) is 11.5 Å². The molecule has 2 aromatic rings. The lowest BCUT2D eigenvalue weighted by atomic mass is 10.3. The minimum atomic E-state index is 0.661. The van der Waals surface area contributed by atoms with Crippen LogP contribution in [0.3, 0.4) is 0 Å². The zero-order valence-corrected chi connectivity index (χ0v) is 11.5. The fourth-order valence-corrected chi connectivity index (χ4v) is 2.92. The van der Waals surface area contributed by atoms with Gasteiger partial charge in [0.25, 0.3) is 0 Å². The topological polar surface area (TPSA) is 63.0 Å². The van der Waals surface area contributed by atoms with Gasteiger partial charge in [0.2, 0.25) is 0 Å². The van der Waals surface area contributed by atoms with Gasteiger partial charge < -0.3 is 10.7 Å². The maximum Gasteiger partial charge on any atom is 0.141 e. The Morgan fingerprint density at radius 2 is 2.24 bits per heavy atom. The van der Waals surface area contributed by atoms with Crippen molar-refractivity contribution in [3.8, 4) is 0 Å². The van der Waals surface area contributed by atoms with Crippen LogP contribution in [0.1, 0.15) is 4.88 Å². The number of nitrogens with zero attached hydrogens (tertiary/aromatic N) is 1. The van der Waals surface area contributed by atoms with Crippen molar-refractivity contribution in [2.24, 2.45) is 5.84 Å². The molecule has 0 aromatic carbocycles. The van der Waals surface area contributed by atoms with Crippen LogP contribution >= 0.6 is 27.3 Å². The summed E-state index contributed by atoms with van der Waals surface area (Å²) in [5.41, 5.74) is 3.54. The minimum absolute atomic E-state index is 0.661. The molecule has 2 aromatic heterocycles. The number of nitrogens with one attached hydrogen (secondary N) is 2. The third-order valence-electron chi connectivity index (χ3n) is 2.24. The van der Waals surface area contributed by atoms with Gasteiger partial charge in [0.05, 0.1) is 3.79 Å². The van der Waals surface area contributed by atoms with Crippen LogP contribution in [-0.2, 0) is 6.42 Å². The van der Waals surface area contributed by atoms with Crippen LogP contribution in [0, 0.1) is 0 Å². The molecule has 0 radical (unpaired) electrons. The molecule has 0 aliphatic carbocycles. The first-order chi connectivity index (χ1) is 8.28. The Morgan fingerprint density at radius 1 is 1.35 bits per heavy atom. The highest BCUT2D eigenvalue weighted by molar-refractivity contribution is 9.11. The number of rotatable bonds is 5. The summed E-state index contributed by atoms with van der Waals surface area (Å²) in [6, 6.07) is 8.01. The van der Waals surface area contributed by atoms with E-state index in [4.69, 9.17) is 5.84 Å². The van der Waals surface area contributed by atoms with Crippen molar-refractivity contribution in [2.45, 2.75) is 6.42 Å². The van der Waals surface area contributed by atoms with Crippen molar-refractivity contribution >= 4 is 38.8 Å². The van der Waals surface area contributed by atoms with Crippen molar-refractivity contribution in [3.05, 3.63) is 39.1 Å². The van der Waals surface area contributed by atoms with E-state index in [1.807, 2.05) is 12.1 Å². The van der Waals surface area contributed by atoms with Crippen molar-refractivity contribution < 1.29 is 0 Å². The number of hydrogen-bond acceptors (Lipinski definition) is 5. The molecular formula is C11H13BrN4S. The van der Waals surface area contributed by atoms with Gasteiger partial charge in [0, 0.05) is 29.4 Å². The molecule has 2 rings (SSSR count). The molecule has 0 spiro atoms. The van der Waals surface area contributed by atoms with Crippen LogP contribution in [0.25, 0.3) is 0 Å². The second-order valence-corrected chi connectivity index (χ2v) is 6.00. The summed E-state index contributed by atoms with van der Waals surface area (Å²) in [6.07, 6.45) is 2.73. The van der Waals surface area contributed by atoms with Crippen molar-refractivity contribution in [1.82, 2.24) is 4.98 Å². The van der Waals surface area contributed by atoms with Gasteiger partial charge in [-0.1, -0.05) is 0 Å². The quantitative estimate of drug-likeness (QED) is 0.587. The van der Waals surface area contributed by atoms with Gasteiger partial charge in [-0.15, -0.1) is 11.3 Å². The molecule has 0 aliphatic rings. The molecule has 6 heteroatoms. The summed E-state index contributed by atoms with van der Waals surface area (Å²) in [6.45, 7) is 0.890. The Morgan fingerprint density at radius 3 is 2.94 bits per heavy atom. The zero-order valence-electron chi connectivity index (χ0n) is 9.11. The van der Waals surface area contributed by atoms with E-state index < -0.39 is 0 Å². The number of pyridine rings is 1. The smallest absolute Gasteiger partial charge is 0.141 e. The average molecular weight is 313 g/mol. The predicted molar refractivity (Wildman–Crippen MR) is 76.3 cm³/mol. The summed E-state index contributed by atoms with van der Waals surface area (Å²) >= 11 is 5.22. The minimum Gasteiger partial charge on any atom is -0.385 e. The van der Waals surface area contributed by atoms with E-state index in [9.17, 15) is 0 Å². The Labute approximate surface area is 112 Å². The van der Waals surface area contributed by atoms with Gasteiger partial charge in [-0.2, -0.15) is 0 Å². The lowest BCUT2D eigenvalue weighted by molar-refractivity contribution is 1.04. The summed E-state index contributed by atoms with van der Waals surface area (Å²) in [4.78, 5) is 5.40. The Hall–Kier alpha value is -1.11. The van der Waals surface area contributed by atoms with Crippen molar-refractivity contribution in [2.75, 3.05) is 17.3 Å². The number of hydrogen-bond donors (Lipinski definition) is 3. The summed E-state index contributed by atoms with van der Waals surface area (Å²) in [5, 5.41) is 3.33. The zero-order chi connectivity index (χ0) is 12.1. The maximum atomic E-state index is 5.30. The molecular weight excluding hydrogens is 300 g/mol. The number of nitrogen functional groups attached to an aromatic ring is 1. The van der Waals surface area contributed by atoms with Crippen molar-refractivity contribution in [3.63, 3.8) is 0 Å².